The second kappa shape index (κ2) is 5.66. The number of carbonyl (C=O) groups is 3. The molecule has 3 aliphatic heterocycles. The molecule has 1 aromatic rings. The van der Waals surface area contributed by atoms with E-state index in [1.807, 2.05) is 4.90 Å². The van der Waals surface area contributed by atoms with E-state index in [9.17, 15) is 24.5 Å². The number of fused-ring (bicyclic) bond motifs is 4. The second-order valence-electron chi connectivity index (χ2n) is 7.16. The number of nitrogens with zero attached hydrogens (tertiary/aromatic N) is 4. The Morgan fingerprint density at radius 3 is 2.41 bits per heavy atom. The summed E-state index contributed by atoms with van der Waals surface area (Å²) in [6, 6.07) is 1.87. The van der Waals surface area contributed by atoms with Crippen LogP contribution in [0, 0.1) is 15.5 Å². The second-order valence-corrected chi connectivity index (χ2v) is 7.54. The number of amides is 4. The van der Waals surface area contributed by atoms with Gasteiger partial charge in [-0.1, -0.05) is 11.6 Å². The van der Waals surface area contributed by atoms with E-state index in [4.69, 9.17) is 11.6 Å². The smallest absolute Gasteiger partial charge is 0.332 e. The molecule has 0 radical (unpaired) electrons. The Morgan fingerprint density at radius 1 is 1.19 bits per heavy atom. The maximum atomic E-state index is 13.2. The molecular formula is C17H17ClN4O5. The van der Waals surface area contributed by atoms with Gasteiger partial charge in [-0.3, -0.25) is 29.5 Å². The van der Waals surface area contributed by atoms with Crippen molar-refractivity contribution >= 4 is 40.8 Å². The molecule has 9 nitrogen and oxygen atoms in total. The predicted molar refractivity (Wildman–Crippen MR) is 95.5 cm³/mol. The van der Waals surface area contributed by atoms with Crippen LogP contribution in [0.1, 0.15) is 18.4 Å². The molecule has 2 fully saturated rings. The Balaban J connectivity index is 1.96. The van der Waals surface area contributed by atoms with Crippen molar-refractivity contribution in [3.05, 3.63) is 32.8 Å². The number of halogens is 1. The van der Waals surface area contributed by atoms with Gasteiger partial charge in [-0.05, 0) is 18.9 Å². The van der Waals surface area contributed by atoms with Gasteiger partial charge in [0.1, 0.15) is 5.02 Å². The van der Waals surface area contributed by atoms with Crippen LogP contribution in [0.15, 0.2) is 12.1 Å². The molecule has 1 aromatic carbocycles. The van der Waals surface area contributed by atoms with Gasteiger partial charge >= 0.3 is 6.03 Å². The lowest BCUT2D eigenvalue weighted by Gasteiger charge is -2.50. The van der Waals surface area contributed by atoms with Crippen LogP contribution in [-0.2, 0) is 16.0 Å². The number of hydrogen-bond donors (Lipinski definition) is 0. The zero-order valence-corrected chi connectivity index (χ0v) is 15.5. The fraction of sp³-hybridized carbons (Fsp3) is 0.471. The maximum Gasteiger partial charge on any atom is 0.332 e. The van der Waals surface area contributed by atoms with Gasteiger partial charge in [0.05, 0.1) is 11.0 Å². The first-order valence-electron chi connectivity index (χ1n) is 8.54. The number of urea groups is 1. The number of nitro groups is 1. The van der Waals surface area contributed by atoms with Crippen LogP contribution in [0.25, 0.3) is 0 Å². The van der Waals surface area contributed by atoms with Crippen LogP contribution in [-0.4, -0.2) is 59.3 Å². The summed E-state index contributed by atoms with van der Waals surface area (Å²) in [6.45, 7) is 0.607. The third kappa shape index (κ3) is 2.08. The molecule has 0 bridgehead atoms. The third-order valence-electron chi connectivity index (χ3n) is 5.93. The first-order valence-corrected chi connectivity index (χ1v) is 8.92. The van der Waals surface area contributed by atoms with Crippen molar-refractivity contribution in [3.63, 3.8) is 0 Å². The van der Waals surface area contributed by atoms with E-state index in [2.05, 4.69) is 0 Å². The van der Waals surface area contributed by atoms with E-state index in [1.54, 1.807) is 6.07 Å². The number of barbiturate groups is 1. The zero-order valence-electron chi connectivity index (χ0n) is 14.8. The summed E-state index contributed by atoms with van der Waals surface area (Å²) in [4.78, 5) is 53.2. The fourth-order valence-corrected chi connectivity index (χ4v) is 4.96. The van der Waals surface area contributed by atoms with E-state index < -0.39 is 34.2 Å². The van der Waals surface area contributed by atoms with Crippen LogP contribution in [0.2, 0.25) is 5.02 Å². The molecule has 0 unspecified atom stereocenters. The molecule has 2 saturated heterocycles. The van der Waals surface area contributed by atoms with Crippen molar-refractivity contribution in [2.45, 2.75) is 25.3 Å². The molecule has 0 aliphatic carbocycles. The number of anilines is 1. The summed E-state index contributed by atoms with van der Waals surface area (Å²) in [5.41, 5.74) is -0.667. The van der Waals surface area contributed by atoms with E-state index in [-0.39, 0.29) is 17.1 Å². The lowest BCUT2D eigenvalue weighted by molar-refractivity contribution is -0.384. The SMILES string of the molecule is CN1C(=O)N(C)C(=O)C2(Cc3c(ccc([N+](=O)[O-])c3Cl)N3CCC[C@H]32)C1=O. The minimum Gasteiger partial charge on any atom is -0.367 e. The van der Waals surface area contributed by atoms with Gasteiger partial charge in [0.15, 0.2) is 5.41 Å². The first kappa shape index (κ1) is 17.7. The number of benzene rings is 1. The molecule has 1 spiro atoms. The largest absolute Gasteiger partial charge is 0.367 e. The molecule has 10 heteroatoms. The average molecular weight is 393 g/mol. The molecule has 27 heavy (non-hydrogen) atoms. The van der Waals surface area contributed by atoms with Crippen LogP contribution in [0.4, 0.5) is 16.2 Å². The first-order chi connectivity index (χ1) is 12.7. The van der Waals surface area contributed by atoms with Gasteiger partial charge in [0.2, 0.25) is 11.8 Å². The quantitative estimate of drug-likeness (QED) is 0.410. The van der Waals surface area contributed by atoms with Crippen LogP contribution in [0.3, 0.4) is 0 Å². The molecule has 0 N–H and O–H groups in total. The Kier molecular flexibility index (Phi) is 3.71. The summed E-state index contributed by atoms with van der Waals surface area (Å²) >= 11 is 6.33. The summed E-state index contributed by atoms with van der Waals surface area (Å²) in [5.74, 6) is -1.17. The minimum absolute atomic E-state index is 0.0648. The zero-order chi connectivity index (χ0) is 19.7. The van der Waals surface area contributed by atoms with Gasteiger partial charge < -0.3 is 4.90 Å². The number of hydrogen-bond acceptors (Lipinski definition) is 6. The highest BCUT2D eigenvalue weighted by Gasteiger charge is 2.64. The lowest BCUT2D eigenvalue weighted by atomic mass is 9.68. The van der Waals surface area contributed by atoms with E-state index in [1.165, 1.54) is 20.2 Å². The molecule has 142 valence electrons. The topological polar surface area (TPSA) is 104 Å². The lowest BCUT2D eigenvalue weighted by Crippen LogP contribution is -2.70. The Bertz CT molecular complexity index is 893. The van der Waals surface area contributed by atoms with Gasteiger partial charge in [0.25, 0.3) is 5.69 Å². The Labute approximate surface area is 159 Å². The minimum atomic E-state index is -1.51. The fourth-order valence-electron chi connectivity index (χ4n) is 4.67. The van der Waals surface area contributed by atoms with E-state index in [0.717, 1.165) is 16.2 Å². The van der Waals surface area contributed by atoms with E-state index >= 15 is 0 Å². The summed E-state index contributed by atoms with van der Waals surface area (Å²) in [7, 11) is 2.69. The van der Waals surface area contributed by atoms with Gasteiger partial charge in [-0.2, -0.15) is 0 Å². The molecule has 4 amide bonds. The summed E-state index contributed by atoms with van der Waals surface area (Å²) < 4.78 is 0. The van der Waals surface area contributed by atoms with Crippen LogP contribution in [0.5, 0.6) is 0 Å². The monoisotopic (exact) mass is 392 g/mol. The summed E-state index contributed by atoms with van der Waals surface area (Å²) in [6.07, 6.45) is 1.31. The molecular weight excluding hydrogens is 376 g/mol. The maximum absolute atomic E-state index is 13.2. The van der Waals surface area contributed by atoms with Crippen molar-refractivity contribution in [2.24, 2.45) is 5.41 Å². The van der Waals surface area contributed by atoms with Crippen LogP contribution >= 0.6 is 11.6 Å². The molecule has 1 atom stereocenters. The normalized spacial score (nSPS) is 23.7. The van der Waals surface area contributed by atoms with E-state index in [0.29, 0.717) is 24.2 Å². The molecule has 3 heterocycles. The molecule has 0 aromatic heterocycles. The Morgan fingerprint density at radius 2 is 1.81 bits per heavy atom. The van der Waals surface area contributed by atoms with Crippen molar-refractivity contribution in [1.82, 2.24) is 9.80 Å². The van der Waals surface area contributed by atoms with Crippen LogP contribution < -0.4 is 4.90 Å². The standard InChI is InChI=1S/C17H17ClN4O5/c1-19-14(23)17(15(24)20(2)16(19)25)8-9-10(21-7-3-4-12(17)21)5-6-11(13(9)18)22(26)27/h5-6,12H,3-4,7-8H2,1-2H3/t12-/m0/s1. The Hall–Kier alpha value is -2.68. The summed E-state index contributed by atoms with van der Waals surface area (Å²) in [5, 5.41) is 11.2. The van der Waals surface area contributed by atoms with Gasteiger partial charge in [0, 0.05) is 44.4 Å². The molecule has 3 aliphatic rings. The highest BCUT2D eigenvalue weighted by molar-refractivity contribution is 6.34. The number of carbonyl (C=O) groups excluding carboxylic acids is 3. The predicted octanol–water partition coefficient (Wildman–Crippen LogP) is 1.81. The van der Waals surface area contributed by atoms with Gasteiger partial charge in [-0.25, -0.2) is 4.79 Å². The molecule has 0 saturated carbocycles. The number of imide groups is 2. The van der Waals surface area contributed by atoms with Crippen molar-refractivity contribution in [1.29, 1.82) is 0 Å². The highest BCUT2D eigenvalue weighted by atomic mass is 35.5. The third-order valence-corrected chi connectivity index (χ3v) is 6.35. The van der Waals surface area contributed by atoms with Crippen molar-refractivity contribution in [3.8, 4) is 0 Å². The van der Waals surface area contributed by atoms with Crippen molar-refractivity contribution < 1.29 is 19.3 Å². The number of nitro benzene ring substituents is 1. The highest BCUT2D eigenvalue weighted by Crippen LogP contribution is 2.52. The number of rotatable bonds is 1. The van der Waals surface area contributed by atoms with Gasteiger partial charge in [-0.15, -0.1) is 0 Å². The van der Waals surface area contributed by atoms with Crippen molar-refractivity contribution in [2.75, 3.05) is 25.5 Å². The molecule has 4 rings (SSSR count). The average Bonchev–Trinajstić information content (AvgIpc) is 3.14.